The predicted octanol–water partition coefficient (Wildman–Crippen LogP) is 2.72. The number of hydrogen-bond donors (Lipinski definition) is 1. The molecule has 0 radical (unpaired) electrons. The Balaban J connectivity index is 4.22. The molecule has 0 heterocycles. The molecule has 12 heavy (non-hydrogen) atoms. The molecule has 0 aliphatic carbocycles. The topological polar surface area (TPSA) is 29.5 Å². The lowest BCUT2D eigenvalue weighted by atomic mass is 10.2. The van der Waals surface area contributed by atoms with Gasteiger partial charge in [0, 0.05) is 0 Å². The minimum absolute atomic E-state index is 0.163. The molecular formula is C8H19BrO2Si. The standard InChI is InChI=1S/C8H19BrO2Si/c1-8(2,3)12(4,5)11-7(10)6-9/h7,10H,6H2,1-5H3/t7-/m1/s1. The Bertz CT molecular complexity index is 142. The van der Waals surface area contributed by atoms with E-state index in [4.69, 9.17) is 4.43 Å². The highest BCUT2D eigenvalue weighted by Gasteiger charge is 2.38. The molecule has 0 fully saturated rings. The fourth-order valence-corrected chi connectivity index (χ4v) is 2.04. The number of hydrogen-bond acceptors (Lipinski definition) is 2. The van der Waals surface area contributed by atoms with Crippen molar-refractivity contribution in [3.8, 4) is 0 Å². The van der Waals surface area contributed by atoms with E-state index in [1.807, 2.05) is 0 Å². The van der Waals surface area contributed by atoms with E-state index in [-0.39, 0.29) is 5.04 Å². The van der Waals surface area contributed by atoms with Crippen molar-refractivity contribution in [2.75, 3.05) is 5.33 Å². The van der Waals surface area contributed by atoms with Gasteiger partial charge in [0.25, 0.3) is 0 Å². The average Bonchev–Trinajstić information content (AvgIpc) is 1.84. The molecule has 0 aliphatic heterocycles. The van der Waals surface area contributed by atoms with Crippen molar-refractivity contribution < 1.29 is 9.53 Å². The number of halogens is 1. The second-order valence-electron chi connectivity index (χ2n) is 4.49. The number of alkyl halides is 1. The molecule has 0 amide bonds. The summed E-state index contributed by atoms with van der Waals surface area (Å²) in [6.45, 7) is 10.7. The Morgan fingerprint density at radius 1 is 1.42 bits per heavy atom. The molecule has 0 aromatic carbocycles. The van der Waals surface area contributed by atoms with E-state index in [9.17, 15) is 5.11 Å². The van der Waals surface area contributed by atoms with Crippen LogP contribution >= 0.6 is 15.9 Å². The van der Waals surface area contributed by atoms with E-state index < -0.39 is 14.6 Å². The molecule has 0 aliphatic rings. The zero-order chi connectivity index (χ0) is 9.99. The first-order valence-electron chi connectivity index (χ1n) is 4.12. The molecule has 1 N–H and O–H groups in total. The fraction of sp³-hybridized carbons (Fsp3) is 1.00. The summed E-state index contributed by atoms with van der Waals surface area (Å²) in [5.41, 5.74) is 0. The van der Waals surface area contributed by atoms with E-state index in [1.54, 1.807) is 0 Å². The summed E-state index contributed by atoms with van der Waals surface area (Å²) in [5.74, 6) is 0. The maximum Gasteiger partial charge on any atom is 0.195 e. The lowest BCUT2D eigenvalue weighted by molar-refractivity contribution is -0.00650. The van der Waals surface area contributed by atoms with Crippen LogP contribution in [-0.2, 0) is 4.43 Å². The fourth-order valence-electron chi connectivity index (χ4n) is 0.548. The lowest BCUT2D eigenvalue weighted by Gasteiger charge is -2.37. The van der Waals surface area contributed by atoms with Crippen LogP contribution in [0.5, 0.6) is 0 Å². The Labute approximate surface area is 84.6 Å². The van der Waals surface area contributed by atoms with Gasteiger partial charge in [-0.3, -0.25) is 0 Å². The third-order valence-corrected chi connectivity index (χ3v) is 7.40. The smallest absolute Gasteiger partial charge is 0.195 e. The summed E-state index contributed by atoms with van der Waals surface area (Å²) < 4.78 is 5.60. The van der Waals surface area contributed by atoms with Crippen LogP contribution in [0.4, 0.5) is 0 Å². The summed E-state index contributed by atoms with van der Waals surface area (Å²) in [6.07, 6.45) is -0.661. The van der Waals surface area contributed by atoms with Gasteiger partial charge in [0.1, 0.15) is 0 Å². The van der Waals surface area contributed by atoms with Crippen LogP contribution in [0.25, 0.3) is 0 Å². The van der Waals surface area contributed by atoms with Gasteiger partial charge >= 0.3 is 0 Å². The zero-order valence-electron chi connectivity index (χ0n) is 8.52. The van der Waals surface area contributed by atoms with Crippen molar-refractivity contribution in [1.82, 2.24) is 0 Å². The van der Waals surface area contributed by atoms with Crippen LogP contribution < -0.4 is 0 Å². The Kier molecular flexibility index (Phi) is 4.44. The van der Waals surface area contributed by atoms with Crippen LogP contribution in [0.2, 0.25) is 18.1 Å². The number of rotatable bonds is 3. The Morgan fingerprint density at radius 3 is 2.08 bits per heavy atom. The zero-order valence-corrected chi connectivity index (χ0v) is 11.1. The van der Waals surface area contributed by atoms with Gasteiger partial charge in [0.05, 0.1) is 5.33 Å². The normalized spacial score (nSPS) is 16.2. The predicted molar refractivity (Wildman–Crippen MR) is 58.1 cm³/mol. The van der Waals surface area contributed by atoms with Gasteiger partial charge in [0.2, 0.25) is 0 Å². The van der Waals surface area contributed by atoms with Crippen LogP contribution in [0.3, 0.4) is 0 Å². The van der Waals surface area contributed by atoms with E-state index in [1.165, 1.54) is 0 Å². The van der Waals surface area contributed by atoms with Crippen LogP contribution in [0, 0.1) is 0 Å². The lowest BCUT2D eigenvalue weighted by Crippen LogP contribution is -2.44. The van der Waals surface area contributed by atoms with Gasteiger partial charge in [-0.2, -0.15) is 0 Å². The summed E-state index contributed by atoms with van der Waals surface area (Å²) in [5, 5.41) is 9.97. The molecule has 0 bridgehead atoms. The van der Waals surface area contributed by atoms with Crippen molar-refractivity contribution in [2.24, 2.45) is 0 Å². The molecule has 1 atom stereocenters. The van der Waals surface area contributed by atoms with Crippen LogP contribution in [-0.4, -0.2) is 25.0 Å². The van der Waals surface area contributed by atoms with Crippen LogP contribution in [0.1, 0.15) is 20.8 Å². The Morgan fingerprint density at radius 2 is 1.83 bits per heavy atom. The third-order valence-electron chi connectivity index (χ3n) is 2.37. The van der Waals surface area contributed by atoms with Gasteiger partial charge < -0.3 is 9.53 Å². The van der Waals surface area contributed by atoms with Gasteiger partial charge in [-0.25, -0.2) is 0 Å². The van der Waals surface area contributed by atoms with Crippen molar-refractivity contribution in [2.45, 2.75) is 45.2 Å². The first-order chi connectivity index (χ1) is 5.20. The third kappa shape index (κ3) is 3.56. The molecule has 0 saturated carbocycles. The van der Waals surface area contributed by atoms with Crippen molar-refractivity contribution in [1.29, 1.82) is 0 Å². The molecule has 2 nitrogen and oxygen atoms in total. The summed E-state index contributed by atoms with van der Waals surface area (Å²) in [4.78, 5) is 0. The summed E-state index contributed by atoms with van der Waals surface area (Å²) in [6, 6.07) is 0. The quantitative estimate of drug-likeness (QED) is 0.477. The molecule has 0 saturated heterocycles. The van der Waals surface area contributed by atoms with Crippen LogP contribution in [0.15, 0.2) is 0 Å². The molecular weight excluding hydrogens is 236 g/mol. The van der Waals surface area contributed by atoms with Crippen molar-refractivity contribution in [3.05, 3.63) is 0 Å². The largest absolute Gasteiger partial charge is 0.392 e. The molecule has 0 rings (SSSR count). The maximum atomic E-state index is 9.32. The van der Waals surface area contributed by atoms with Crippen molar-refractivity contribution >= 4 is 24.2 Å². The highest BCUT2D eigenvalue weighted by molar-refractivity contribution is 9.09. The number of aliphatic hydroxyl groups is 1. The molecule has 0 spiro atoms. The van der Waals surface area contributed by atoms with E-state index in [0.29, 0.717) is 5.33 Å². The van der Waals surface area contributed by atoms with Gasteiger partial charge in [-0.1, -0.05) is 36.7 Å². The summed E-state index contributed by atoms with van der Waals surface area (Å²) >= 11 is 3.18. The van der Waals surface area contributed by atoms with E-state index in [0.717, 1.165) is 0 Å². The highest BCUT2D eigenvalue weighted by Crippen LogP contribution is 2.37. The SMILES string of the molecule is CC(C)(C)[Si](C)(C)O[C@@H](O)CBr. The minimum atomic E-state index is -1.77. The molecule has 0 aromatic heterocycles. The average molecular weight is 255 g/mol. The van der Waals surface area contributed by atoms with E-state index >= 15 is 0 Å². The first-order valence-corrected chi connectivity index (χ1v) is 8.15. The summed E-state index contributed by atoms with van der Waals surface area (Å²) in [7, 11) is -1.77. The highest BCUT2D eigenvalue weighted by atomic mass is 79.9. The minimum Gasteiger partial charge on any atom is -0.392 e. The van der Waals surface area contributed by atoms with E-state index in [2.05, 4.69) is 49.8 Å². The van der Waals surface area contributed by atoms with Crippen molar-refractivity contribution in [3.63, 3.8) is 0 Å². The second kappa shape index (κ2) is 4.22. The molecule has 0 unspecified atom stereocenters. The Hall–Kier alpha value is 0.617. The van der Waals surface area contributed by atoms with Gasteiger partial charge in [0.15, 0.2) is 14.6 Å². The maximum absolute atomic E-state index is 9.32. The number of aliphatic hydroxyl groups excluding tert-OH is 1. The molecule has 4 heteroatoms. The van der Waals surface area contributed by atoms with Gasteiger partial charge in [-0.05, 0) is 18.1 Å². The monoisotopic (exact) mass is 254 g/mol. The second-order valence-corrected chi connectivity index (χ2v) is 9.89. The van der Waals surface area contributed by atoms with Gasteiger partial charge in [-0.15, -0.1) is 0 Å². The molecule has 74 valence electrons. The molecule has 0 aromatic rings. The first kappa shape index (κ1) is 12.6.